The second kappa shape index (κ2) is 11.8. The van der Waals surface area contributed by atoms with Crippen molar-refractivity contribution in [3.05, 3.63) is 206 Å². The molecule has 9 aromatic carbocycles. The van der Waals surface area contributed by atoms with Crippen LogP contribution >= 0.6 is 0 Å². The molecule has 4 aromatic heterocycles. The van der Waals surface area contributed by atoms with Crippen molar-refractivity contribution < 1.29 is 0 Å². The zero-order valence-electron chi connectivity index (χ0n) is 31.4. The maximum Gasteiger partial charge on any atom is 0.0782 e. The fourth-order valence-electron chi connectivity index (χ4n) is 10.0. The van der Waals surface area contributed by atoms with E-state index in [2.05, 4.69) is 225 Å². The molecule has 0 bridgehead atoms. The summed E-state index contributed by atoms with van der Waals surface area (Å²) in [6.45, 7) is 0. The Bertz CT molecular complexity index is 3780. The lowest BCUT2D eigenvalue weighted by molar-refractivity contribution is 1.13. The lowest BCUT2D eigenvalue weighted by Crippen LogP contribution is -2.01. The van der Waals surface area contributed by atoms with Gasteiger partial charge in [-0.1, -0.05) is 127 Å². The molecule has 0 unspecified atom stereocenters. The first-order chi connectivity index (χ1) is 28.8. The molecule has 0 fully saturated rings. The van der Waals surface area contributed by atoms with Crippen LogP contribution in [0.25, 0.3) is 110 Å². The van der Waals surface area contributed by atoms with Gasteiger partial charge in [-0.3, -0.25) is 0 Å². The van der Waals surface area contributed by atoms with Crippen LogP contribution in [0.2, 0.25) is 0 Å². The molecular formula is C54H34N4. The third kappa shape index (κ3) is 4.18. The van der Waals surface area contributed by atoms with Gasteiger partial charge in [-0.05, 0) is 78.9 Å². The van der Waals surface area contributed by atoms with Crippen molar-refractivity contribution in [1.29, 1.82) is 0 Å². The van der Waals surface area contributed by atoms with E-state index in [1.807, 2.05) is 0 Å². The molecule has 13 aromatic rings. The monoisotopic (exact) mass is 738 g/mol. The number of hydrogen-bond acceptors (Lipinski definition) is 0. The Morgan fingerprint density at radius 3 is 1.34 bits per heavy atom. The summed E-state index contributed by atoms with van der Waals surface area (Å²) in [6.07, 6.45) is 0. The highest BCUT2D eigenvalue weighted by Crippen LogP contribution is 2.45. The Labute approximate surface area is 333 Å². The molecule has 0 aliphatic carbocycles. The van der Waals surface area contributed by atoms with Crippen LogP contribution in [0.1, 0.15) is 0 Å². The van der Waals surface area contributed by atoms with E-state index in [-0.39, 0.29) is 0 Å². The van der Waals surface area contributed by atoms with Gasteiger partial charge in [0, 0.05) is 60.2 Å². The normalized spacial score (nSPS) is 12.1. The average Bonchev–Trinajstić information content (AvgIpc) is 4.02. The maximum absolute atomic E-state index is 2.54. The van der Waals surface area contributed by atoms with Crippen molar-refractivity contribution in [3.8, 4) is 22.7 Å². The van der Waals surface area contributed by atoms with Gasteiger partial charge in [-0.2, -0.15) is 0 Å². The topological polar surface area (TPSA) is 19.7 Å². The summed E-state index contributed by atoms with van der Waals surface area (Å²) >= 11 is 0. The maximum atomic E-state index is 2.54. The highest BCUT2D eigenvalue weighted by molar-refractivity contribution is 6.27. The van der Waals surface area contributed by atoms with E-state index in [0.717, 1.165) is 22.7 Å². The Morgan fingerprint density at radius 1 is 0.224 bits per heavy atom. The lowest BCUT2D eigenvalue weighted by atomic mass is 10.1. The molecule has 0 aliphatic rings. The van der Waals surface area contributed by atoms with Gasteiger partial charge in [-0.15, -0.1) is 0 Å². The first kappa shape index (κ1) is 31.4. The van der Waals surface area contributed by atoms with Crippen LogP contribution in [-0.2, 0) is 0 Å². The van der Waals surface area contributed by atoms with Crippen LogP contribution in [0, 0.1) is 0 Å². The van der Waals surface area contributed by atoms with Crippen molar-refractivity contribution in [2.75, 3.05) is 0 Å². The van der Waals surface area contributed by atoms with Gasteiger partial charge >= 0.3 is 0 Å². The zero-order chi connectivity index (χ0) is 37.9. The van der Waals surface area contributed by atoms with E-state index in [9.17, 15) is 0 Å². The summed E-state index contributed by atoms with van der Waals surface area (Å²) in [5.41, 5.74) is 14.2. The van der Waals surface area contributed by atoms with Gasteiger partial charge in [-0.25, -0.2) is 0 Å². The molecule has 0 radical (unpaired) electrons. The molecule has 0 aliphatic heterocycles. The second-order valence-corrected chi connectivity index (χ2v) is 15.3. The third-order valence-electron chi connectivity index (χ3n) is 12.3. The van der Waals surface area contributed by atoms with Gasteiger partial charge in [0.25, 0.3) is 0 Å². The first-order valence-electron chi connectivity index (χ1n) is 20.0. The van der Waals surface area contributed by atoms with Crippen molar-refractivity contribution in [2.45, 2.75) is 0 Å². The fraction of sp³-hybridized carbons (Fsp3) is 0. The third-order valence-corrected chi connectivity index (χ3v) is 12.3. The van der Waals surface area contributed by atoms with Gasteiger partial charge < -0.3 is 18.3 Å². The standard InChI is InChI=1S/C54H34N4/c1-3-16-35(17-4-1)55-45-25-11-9-22-40(45)44-34-37(30-32-49(44)55)56-48-28-14-10-23-43(48)52-50(56)33-31-42-39-21-8-13-27-47(39)58(54(42)52)51-29-15-24-41-38-20-7-12-26-46(38)57(53(41)51)36-18-5-2-6-19-36/h1-34H. The molecule has 0 spiro atoms. The second-order valence-electron chi connectivity index (χ2n) is 15.3. The Kier molecular flexibility index (Phi) is 6.41. The molecule has 4 heterocycles. The van der Waals surface area contributed by atoms with Crippen molar-refractivity contribution in [1.82, 2.24) is 18.3 Å². The molecule has 0 N–H and O–H groups in total. The summed E-state index contributed by atoms with van der Waals surface area (Å²) in [5.74, 6) is 0. The Balaban J connectivity index is 1.16. The lowest BCUT2D eigenvalue weighted by Gasteiger charge is -2.15. The Hall–Kier alpha value is -7.82. The summed E-state index contributed by atoms with van der Waals surface area (Å²) in [7, 11) is 0. The van der Waals surface area contributed by atoms with E-state index in [1.54, 1.807) is 0 Å². The number of benzene rings is 9. The van der Waals surface area contributed by atoms with Gasteiger partial charge in [0.05, 0.1) is 49.8 Å². The molecule has 0 saturated carbocycles. The van der Waals surface area contributed by atoms with E-state index < -0.39 is 0 Å². The number of fused-ring (bicyclic) bond motifs is 13. The van der Waals surface area contributed by atoms with Gasteiger partial charge in [0.2, 0.25) is 0 Å². The largest absolute Gasteiger partial charge is 0.309 e. The molecule has 4 nitrogen and oxygen atoms in total. The number of hydrogen-bond donors (Lipinski definition) is 0. The predicted octanol–water partition coefficient (Wildman–Crippen LogP) is 14.1. The Morgan fingerprint density at radius 2 is 0.672 bits per heavy atom. The molecular weight excluding hydrogens is 705 g/mol. The molecule has 13 rings (SSSR count). The first-order valence-corrected chi connectivity index (χ1v) is 20.0. The van der Waals surface area contributed by atoms with Crippen LogP contribution in [0.4, 0.5) is 0 Å². The highest BCUT2D eigenvalue weighted by Gasteiger charge is 2.24. The van der Waals surface area contributed by atoms with Crippen LogP contribution in [0.15, 0.2) is 206 Å². The molecule has 0 atom stereocenters. The fourth-order valence-corrected chi connectivity index (χ4v) is 10.0. The number of rotatable bonds is 4. The molecule has 270 valence electrons. The van der Waals surface area contributed by atoms with E-state index in [0.29, 0.717) is 0 Å². The summed E-state index contributed by atoms with van der Waals surface area (Å²) in [6, 6.07) is 75.4. The van der Waals surface area contributed by atoms with Gasteiger partial charge in [0.1, 0.15) is 0 Å². The zero-order valence-corrected chi connectivity index (χ0v) is 31.4. The van der Waals surface area contributed by atoms with Crippen LogP contribution in [0.3, 0.4) is 0 Å². The van der Waals surface area contributed by atoms with Crippen LogP contribution in [0.5, 0.6) is 0 Å². The van der Waals surface area contributed by atoms with E-state index in [1.165, 1.54) is 87.2 Å². The number of aromatic nitrogens is 4. The van der Waals surface area contributed by atoms with Gasteiger partial charge in [0.15, 0.2) is 0 Å². The van der Waals surface area contributed by atoms with Crippen molar-refractivity contribution in [2.24, 2.45) is 0 Å². The minimum absolute atomic E-state index is 1.14. The highest BCUT2D eigenvalue weighted by atomic mass is 15.1. The molecule has 0 saturated heterocycles. The SMILES string of the molecule is c1ccc(-n2c3ccccc3c3cc(-n4c5ccccc5c5c4ccc4c6ccccc6n(-c6cccc7c8ccccc8n(-c8ccccc8)c67)c45)ccc32)cc1. The summed E-state index contributed by atoms with van der Waals surface area (Å²) < 4.78 is 9.85. The molecule has 4 heteroatoms. The van der Waals surface area contributed by atoms with Crippen LogP contribution < -0.4 is 0 Å². The van der Waals surface area contributed by atoms with Crippen molar-refractivity contribution >= 4 is 87.2 Å². The smallest absolute Gasteiger partial charge is 0.0782 e. The molecule has 58 heavy (non-hydrogen) atoms. The molecule has 0 amide bonds. The van der Waals surface area contributed by atoms with E-state index >= 15 is 0 Å². The minimum Gasteiger partial charge on any atom is -0.309 e. The summed E-state index contributed by atoms with van der Waals surface area (Å²) in [4.78, 5) is 0. The quantitative estimate of drug-likeness (QED) is 0.171. The number of nitrogens with zero attached hydrogens (tertiary/aromatic N) is 4. The minimum atomic E-state index is 1.14. The van der Waals surface area contributed by atoms with Crippen LogP contribution in [-0.4, -0.2) is 18.3 Å². The van der Waals surface area contributed by atoms with Crippen molar-refractivity contribution in [3.63, 3.8) is 0 Å². The number of para-hydroxylation sites is 7. The average molecular weight is 739 g/mol. The predicted molar refractivity (Wildman–Crippen MR) is 244 cm³/mol. The summed E-state index contributed by atoms with van der Waals surface area (Å²) in [5, 5.41) is 9.92. The van der Waals surface area contributed by atoms with E-state index in [4.69, 9.17) is 0 Å².